The van der Waals surface area contributed by atoms with Crippen LogP contribution < -0.4 is 5.32 Å². The second kappa shape index (κ2) is 8.65. The molecule has 1 unspecified atom stereocenters. The third-order valence-electron chi connectivity index (χ3n) is 3.06. The molecule has 1 rings (SSSR count). The molecule has 0 aromatic heterocycles. The molecule has 0 bridgehead atoms. The third kappa shape index (κ3) is 5.96. The highest BCUT2D eigenvalue weighted by Gasteiger charge is 2.07. The number of nitrogens with one attached hydrogen (secondary N) is 1. The molecule has 102 valence electrons. The summed E-state index contributed by atoms with van der Waals surface area (Å²) >= 11 is 3.32. The van der Waals surface area contributed by atoms with Crippen LogP contribution in [0.4, 0.5) is 4.39 Å². The largest absolute Gasteiger partial charge is 0.310 e. The van der Waals surface area contributed by atoms with E-state index in [4.69, 9.17) is 0 Å². The predicted molar refractivity (Wildman–Crippen MR) is 79.2 cm³/mol. The zero-order valence-electron chi connectivity index (χ0n) is 11.3. The smallest absolute Gasteiger partial charge is 0.124 e. The lowest BCUT2D eigenvalue weighted by molar-refractivity contribution is 0.433. The lowest BCUT2D eigenvalue weighted by Crippen LogP contribution is -2.28. The van der Waals surface area contributed by atoms with E-state index >= 15 is 0 Å². The number of rotatable bonds is 8. The Bertz CT molecular complexity index is 334. The quantitative estimate of drug-likeness (QED) is 0.709. The maximum atomic E-state index is 13.2. The Morgan fingerprint density at radius 2 is 1.94 bits per heavy atom. The average molecular weight is 316 g/mol. The van der Waals surface area contributed by atoms with Crippen LogP contribution in [0.15, 0.2) is 22.7 Å². The standard InChI is InChI=1S/C15H23BrFN/c1-3-5-7-15(6-4-2)18-11-12-8-13(16)10-14(17)9-12/h8-10,15,18H,3-7,11H2,1-2H3. The minimum atomic E-state index is -0.179. The van der Waals surface area contributed by atoms with Crippen LogP contribution in [0.2, 0.25) is 0 Å². The Balaban J connectivity index is 2.49. The van der Waals surface area contributed by atoms with Crippen molar-refractivity contribution in [3.05, 3.63) is 34.1 Å². The number of hydrogen-bond donors (Lipinski definition) is 1. The first-order valence-corrected chi connectivity index (χ1v) is 7.63. The van der Waals surface area contributed by atoms with Gasteiger partial charge in [-0.25, -0.2) is 4.39 Å². The molecule has 1 N–H and O–H groups in total. The summed E-state index contributed by atoms with van der Waals surface area (Å²) < 4.78 is 14.1. The zero-order chi connectivity index (χ0) is 13.4. The van der Waals surface area contributed by atoms with Crippen molar-refractivity contribution in [2.45, 2.75) is 58.5 Å². The summed E-state index contributed by atoms with van der Waals surface area (Å²) in [7, 11) is 0. The fourth-order valence-electron chi connectivity index (χ4n) is 2.12. The molecular formula is C15H23BrFN. The summed E-state index contributed by atoms with van der Waals surface area (Å²) in [6.07, 6.45) is 6.07. The van der Waals surface area contributed by atoms with Crippen LogP contribution in [0.3, 0.4) is 0 Å². The molecule has 0 saturated heterocycles. The lowest BCUT2D eigenvalue weighted by atomic mass is 10.0. The van der Waals surface area contributed by atoms with Crippen LogP contribution in [-0.4, -0.2) is 6.04 Å². The number of halogens is 2. The van der Waals surface area contributed by atoms with Gasteiger partial charge in [0.2, 0.25) is 0 Å². The number of benzene rings is 1. The topological polar surface area (TPSA) is 12.0 Å². The van der Waals surface area contributed by atoms with Crippen molar-refractivity contribution in [2.24, 2.45) is 0 Å². The first-order valence-electron chi connectivity index (χ1n) is 6.84. The normalized spacial score (nSPS) is 12.7. The molecule has 0 amide bonds. The van der Waals surface area contributed by atoms with E-state index in [1.165, 1.54) is 38.2 Å². The van der Waals surface area contributed by atoms with Gasteiger partial charge in [-0.15, -0.1) is 0 Å². The Labute approximate surface area is 118 Å². The van der Waals surface area contributed by atoms with Gasteiger partial charge in [-0.3, -0.25) is 0 Å². The maximum Gasteiger partial charge on any atom is 0.124 e. The molecule has 0 saturated carbocycles. The molecule has 0 aliphatic heterocycles. The van der Waals surface area contributed by atoms with Gasteiger partial charge in [0.25, 0.3) is 0 Å². The van der Waals surface area contributed by atoms with E-state index in [2.05, 4.69) is 35.1 Å². The van der Waals surface area contributed by atoms with Crippen LogP contribution in [-0.2, 0) is 6.54 Å². The van der Waals surface area contributed by atoms with Gasteiger partial charge in [0.15, 0.2) is 0 Å². The highest BCUT2D eigenvalue weighted by molar-refractivity contribution is 9.10. The second-order valence-electron chi connectivity index (χ2n) is 4.79. The average Bonchev–Trinajstić information content (AvgIpc) is 2.31. The van der Waals surface area contributed by atoms with E-state index in [0.717, 1.165) is 16.6 Å². The third-order valence-corrected chi connectivity index (χ3v) is 3.52. The van der Waals surface area contributed by atoms with Crippen LogP contribution in [0.1, 0.15) is 51.5 Å². The second-order valence-corrected chi connectivity index (χ2v) is 5.70. The van der Waals surface area contributed by atoms with Crippen molar-refractivity contribution in [2.75, 3.05) is 0 Å². The van der Waals surface area contributed by atoms with Crippen molar-refractivity contribution >= 4 is 15.9 Å². The molecule has 1 nitrogen and oxygen atoms in total. The molecule has 0 aliphatic rings. The van der Waals surface area contributed by atoms with Gasteiger partial charge in [-0.1, -0.05) is 49.0 Å². The highest BCUT2D eigenvalue weighted by atomic mass is 79.9. The fraction of sp³-hybridized carbons (Fsp3) is 0.600. The van der Waals surface area contributed by atoms with Gasteiger partial charge in [0, 0.05) is 17.1 Å². The Morgan fingerprint density at radius 3 is 2.56 bits per heavy atom. The van der Waals surface area contributed by atoms with Gasteiger partial charge in [-0.2, -0.15) is 0 Å². The number of unbranched alkanes of at least 4 members (excludes halogenated alkanes) is 1. The van der Waals surface area contributed by atoms with E-state index in [9.17, 15) is 4.39 Å². The summed E-state index contributed by atoms with van der Waals surface area (Å²) in [6, 6.07) is 5.61. The summed E-state index contributed by atoms with van der Waals surface area (Å²) in [4.78, 5) is 0. The van der Waals surface area contributed by atoms with E-state index in [1.54, 1.807) is 6.07 Å². The summed E-state index contributed by atoms with van der Waals surface area (Å²) in [6.45, 7) is 5.16. The molecule has 0 spiro atoms. The first kappa shape index (κ1) is 15.6. The Morgan fingerprint density at radius 1 is 1.17 bits per heavy atom. The molecule has 0 radical (unpaired) electrons. The Kier molecular flexibility index (Phi) is 7.52. The van der Waals surface area contributed by atoms with Crippen LogP contribution in [0.5, 0.6) is 0 Å². The number of hydrogen-bond acceptors (Lipinski definition) is 1. The zero-order valence-corrected chi connectivity index (χ0v) is 12.9. The van der Waals surface area contributed by atoms with Gasteiger partial charge in [-0.05, 0) is 36.6 Å². The van der Waals surface area contributed by atoms with Crippen molar-refractivity contribution in [1.82, 2.24) is 5.32 Å². The van der Waals surface area contributed by atoms with Crippen molar-refractivity contribution in [3.8, 4) is 0 Å². The van der Waals surface area contributed by atoms with Crippen LogP contribution in [0.25, 0.3) is 0 Å². The molecule has 18 heavy (non-hydrogen) atoms. The molecule has 1 atom stereocenters. The molecule has 0 aliphatic carbocycles. The lowest BCUT2D eigenvalue weighted by Gasteiger charge is -2.18. The molecule has 3 heteroatoms. The molecule has 0 heterocycles. The minimum absolute atomic E-state index is 0.179. The fourth-order valence-corrected chi connectivity index (χ4v) is 2.64. The Hall–Kier alpha value is -0.410. The summed E-state index contributed by atoms with van der Waals surface area (Å²) in [5.41, 5.74) is 1.000. The van der Waals surface area contributed by atoms with Gasteiger partial charge < -0.3 is 5.32 Å². The van der Waals surface area contributed by atoms with Crippen LogP contribution >= 0.6 is 15.9 Å². The van der Waals surface area contributed by atoms with E-state index in [-0.39, 0.29) is 5.82 Å². The van der Waals surface area contributed by atoms with Crippen LogP contribution in [0, 0.1) is 5.82 Å². The first-order chi connectivity index (χ1) is 8.65. The highest BCUT2D eigenvalue weighted by Crippen LogP contribution is 2.15. The van der Waals surface area contributed by atoms with E-state index in [1.807, 2.05) is 6.07 Å². The van der Waals surface area contributed by atoms with Gasteiger partial charge >= 0.3 is 0 Å². The maximum absolute atomic E-state index is 13.2. The molecule has 1 aromatic rings. The monoisotopic (exact) mass is 315 g/mol. The minimum Gasteiger partial charge on any atom is -0.310 e. The van der Waals surface area contributed by atoms with Crippen molar-refractivity contribution in [3.63, 3.8) is 0 Å². The SMILES string of the molecule is CCCCC(CCC)NCc1cc(F)cc(Br)c1. The molecule has 0 fully saturated rings. The van der Waals surface area contributed by atoms with Gasteiger partial charge in [0.1, 0.15) is 5.82 Å². The van der Waals surface area contributed by atoms with E-state index in [0.29, 0.717) is 6.04 Å². The van der Waals surface area contributed by atoms with E-state index < -0.39 is 0 Å². The summed E-state index contributed by atoms with van der Waals surface area (Å²) in [5.74, 6) is -0.179. The van der Waals surface area contributed by atoms with Crippen molar-refractivity contribution in [1.29, 1.82) is 0 Å². The molecular weight excluding hydrogens is 293 g/mol. The molecule has 1 aromatic carbocycles. The summed E-state index contributed by atoms with van der Waals surface area (Å²) in [5, 5.41) is 3.54. The van der Waals surface area contributed by atoms with Gasteiger partial charge in [0.05, 0.1) is 0 Å². The van der Waals surface area contributed by atoms with Crippen molar-refractivity contribution < 1.29 is 4.39 Å². The predicted octanol–water partition coefficient (Wildman–Crippen LogP) is 5.04.